The van der Waals surface area contributed by atoms with E-state index in [2.05, 4.69) is 5.32 Å². The molecule has 0 spiro atoms. The summed E-state index contributed by atoms with van der Waals surface area (Å²) in [6.07, 6.45) is -0.672. The Bertz CT molecular complexity index is 735. The van der Waals surface area contributed by atoms with Gasteiger partial charge < -0.3 is 10.4 Å². The van der Waals surface area contributed by atoms with Crippen LogP contribution in [-0.4, -0.2) is 23.2 Å². The molecule has 120 valence electrons. The number of hydrogen-bond donors (Lipinski definition) is 2. The number of amides is 1. The average Bonchev–Trinajstić information content (AvgIpc) is 2.50. The molecule has 2 N–H and O–H groups in total. The van der Waals surface area contributed by atoms with Crippen LogP contribution >= 0.6 is 0 Å². The number of hydrogen-bond acceptors (Lipinski definition) is 2. The summed E-state index contributed by atoms with van der Waals surface area (Å²) in [6, 6.07) is 12.6. The van der Waals surface area contributed by atoms with E-state index in [1.165, 1.54) is 0 Å². The lowest BCUT2D eigenvalue weighted by molar-refractivity contribution is -0.138. The average molecular weight is 315 g/mol. The summed E-state index contributed by atoms with van der Waals surface area (Å²) in [7, 11) is 0. The first-order valence-corrected chi connectivity index (χ1v) is 7.68. The molecule has 2 aromatic rings. The lowest BCUT2D eigenvalue weighted by Gasteiger charge is -2.30. The summed E-state index contributed by atoms with van der Waals surface area (Å²) in [5.41, 5.74) is 0.773. The predicted molar refractivity (Wildman–Crippen MR) is 84.7 cm³/mol. The van der Waals surface area contributed by atoms with E-state index < -0.39 is 18.2 Å². The third-order valence-electron chi connectivity index (χ3n) is 4.35. The maximum absolute atomic E-state index is 12.9. The lowest BCUT2D eigenvalue weighted by Crippen LogP contribution is -2.41. The zero-order valence-electron chi connectivity index (χ0n) is 12.5. The fourth-order valence-electron chi connectivity index (χ4n) is 3.02. The van der Waals surface area contributed by atoms with Crippen LogP contribution in [0.1, 0.15) is 30.9 Å². The van der Waals surface area contributed by atoms with Crippen molar-refractivity contribution in [1.82, 2.24) is 5.32 Å². The molecule has 3 rings (SSSR count). The molecule has 0 unspecified atom stereocenters. The van der Waals surface area contributed by atoms with Gasteiger partial charge in [-0.3, -0.25) is 9.59 Å². The van der Waals surface area contributed by atoms with E-state index in [1.807, 2.05) is 42.5 Å². The number of carbonyl (C=O) groups is 2. The highest BCUT2D eigenvalue weighted by Crippen LogP contribution is 2.32. The molecule has 5 heteroatoms. The van der Waals surface area contributed by atoms with Gasteiger partial charge in [-0.15, -0.1) is 0 Å². The number of carbonyl (C=O) groups excluding carboxylic acids is 1. The smallest absolute Gasteiger partial charge is 0.305 e. The summed E-state index contributed by atoms with van der Waals surface area (Å²) in [5.74, 6) is -1.60. The fourth-order valence-corrected chi connectivity index (χ4v) is 3.02. The molecule has 1 fully saturated rings. The standard InChI is InChI=1S/C18H18FNO3/c19-13-8-12(9-13)18(23)20-16(10-17(21)22)15-7-3-5-11-4-1-2-6-14(11)15/h1-7,12-13,16H,8-10H2,(H,20,23)(H,21,22)/t12?,13?,16-/m1/s1. The number of halogens is 1. The molecule has 23 heavy (non-hydrogen) atoms. The largest absolute Gasteiger partial charge is 0.481 e. The van der Waals surface area contributed by atoms with Crippen molar-refractivity contribution >= 4 is 22.6 Å². The van der Waals surface area contributed by atoms with Crippen LogP contribution in [0.5, 0.6) is 0 Å². The van der Waals surface area contributed by atoms with Crippen molar-refractivity contribution in [2.75, 3.05) is 0 Å². The Hall–Kier alpha value is -2.43. The fraction of sp³-hybridized carbons (Fsp3) is 0.333. The second kappa shape index (κ2) is 6.36. The van der Waals surface area contributed by atoms with Crippen LogP contribution in [0.25, 0.3) is 10.8 Å². The number of carboxylic acid groups (broad SMARTS) is 1. The minimum atomic E-state index is -0.986. The number of aliphatic carboxylic acids is 1. The van der Waals surface area contributed by atoms with Gasteiger partial charge in [-0.2, -0.15) is 0 Å². The molecule has 1 aliphatic rings. The quantitative estimate of drug-likeness (QED) is 0.890. The Labute approximate surface area is 133 Å². The molecule has 1 aliphatic carbocycles. The van der Waals surface area contributed by atoms with E-state index in [4.69, 9.17) is 0 Å². The Morgan fingerprint density at radius 1 is 1.17 bits per heavy atom. The molecule has 0 bridgehead atoms. The second-order valence-electron chi connectivity index (χ2n) is 5.99. The van der Waals surface area contributed by atoms with Gasteiger partial charge in [0, 0.05) is 5.92 Å². The SMILES string of the molecule is O=C(O)C[C@@H](NC(=O)C1CC(F)C1)c1cccc2ccccc12. The number of carboxylic acids is 1. The number of fused-ring (bicyclic) bond motifs is 1. The third kappa shape index (κ3) is 3.33. The van der Waals surface area contributed by atoms with Gasteiger partial charge in [0.15, 0.2) is 0 Å². The molecule has 1 saturated carbocycles. The van der Waals surface area contributed by atoms with Gasteiger partial charge in [0.25, 0.3) is 0 Å². The van der Waals surface area contributed by atoms with Gasteiger partial charge in [-0.25, -0.2) is 4.39 Å². The monoisotopic (exact) mass is 315 g/mol. The molecule has 1 atom stereocenters. The van der Waals surface area contributed by atoms with Crippen LogP contribution in [0.15, 0.2) is 42.5 Å². The zero-order valence-corrected chi connectivity index (χ0v) is 12.5. The lowest BCUT2D eigenvalue weighted by atomic mass is 9.82. The molecule has 0 radical (unpaired) electrons. The van der Waals surface area contributed by atoms with Crippen LogP contribution in [0.2, 0.25) is 0 Å². The highest BCUT2D eigenvalue weighted by atomic mass is 19.1. The second-order valence-corrected chi connectivity index (χ2v) is 5.99. The van der Waals surface area contributed by atoms with Crippen LogP contribution in [-0.2, 0) is 9.59 Å². The highest BCUT2D eigenvalue weighted by molar-refractivity contribution is 5.88. The number of benzene rings is 2. The summed E-state index contributed by atoms with van der Waals surface area (Å²) in [5, 5.41) is 13.9. The van der Waals surface area contributed by atoms with Crippen molar-refractivity contribution < 1.29 is 19.1 Å². The molecule has 0 aromatic heterocycles. The first-order valence-electron chi connectivity index (χ1n) is 7.68. The first kappa shape index (κ1) is 15.5. The minimum absolute atomic E-state index is 0.203. The zero-order chi connectivity index (χ0) is 16.4. The van der Waals surface area contributed by atoms with Crippen molar-refractivity contribution in [2.24, 2.45) is 5.92 Å². The van der Waals surface area contributed by atoms with Gasteiger partial charge >= 0.3 is 5.97 Å². The normalized spacial score (nSPS) is 21.4. The van der Waals surface area contributed by atoms with Crippen LogP contribution in [0.3, 0.4) is 0 Å². The van der Waals surface area contributed by atoms with Crippen LogP contribution in [0.4, 0.5) is 4.39 Å². The van der Waals surface area contributed by atoms with E-state index >= 15 is 0 Å². The van der Waals surface area contributed by atoms with Crippen molar-refractivity contribution in [3.63, 3.8) is 0 Å². The number of alkyl halides is 1. The molecule has 4 nitrogen and oxygen atoms in total. The highest BCUT2D eigenvalue weighted by Gasteiger charge is 2.35. The van der Waals surface area contributed by atoms with E-state index in [9.17, 15) is 19.1 Å². The van der Waals surface area contributed by atoms with E-state index in [0.717, 1.165) is 16.3 Å². The summed E-state index contributed by atoms with van der Waals surface area (Å²) in [4.78, 5) is 23.4. The summed E-state index contributed by atoms with van der Waals surface area (Å²) >= 11 is 0. The molecule has 2 aromatic carbocycles. The van der Waals surface area contributed by atoms with Gasteiger partial charge in [-0.05, 0) is 29.2 Å². The maximum Gasteiger partial charge on any atom is 0.305 e. The van der Waals surface area contributed by atoms with Crippen molar-refractivity contribution in [1.29, 1.82) is 0 Å². The van der Waals surface area contributed by atoms with Crippen molar-refractivity contribution in [2.45, 2.75) is 31.5 Å². The summed E-state index contributed by atoms with van der Waals surface area (Å²) < 4.78 is 12.9. The minimum Gasteiger partial charge on any atom is -0.481 e. The van der Waals surface area contributed by atoms with E-state index in [1.54, 1.807) is 0 Å². The van der Waals surface area contributed by atoms with Gasteiger partial charge in [-0.1, -0.05) is 42.5 Å². The van der Waals surface area contributed by atoms with Crippen LogP contribution in [0, 0.1) is 5.92 Å². The van der Waals surface area contributed by atoms with Crippen molar-refractivity contribution in [3.8, 4) is 0 Å². The first-order chi connectivity index (χ1) is 11.0. The number of nitrogens with one attached hydrogen (secondary N) is 1. The molecule has 0 aliphatic heterocycles. The van der Waals surface area contributed by atoms with Gasteiger partial charge in [0.1, 0.15) is 6.17 Å². The molecule has 0 heterocycles. The Morgan fingerprint density at radius 3 is 2.57 bits per heavy atom. The topological polar surface area (TPSA) is 66.4 Å². The van der Waals surface area contributed by atoms with E-state index in [0.29, 0.717) is 0 Å². The Morgan fingerprint density at radius 2 is 1.87 bits per heavy atom. The number of rotatable bonds is 5. The summed E-state index contributed by atoms with van der Waals surface area (Å²) in [6.45, 7) is 0. The molecule has 0 saturated heterocycles. The third-order valence-corrected chi connectivity index (χ3v) is 4.35. The van der Waals surface area contributed by atoms with Crippen LogP contribution < -0.4 is 5.32 Å². The Balaban J connectivity index is 1.88. The predicted octanol–water partition coefficient (Wildman–Crippen LogP) is 3.22. The molecular weight excluding hydrogens is 297 g/mol. The Kier molecular flexibility index (Phi) is 4.28. The molecular formula is C18H18FNO3. The van der Waals surface area contributed by atoms with Crippen molar-refractivity contribution in [3.05, 3.63) is 48.0 Å². The van der Waals surface area contributed by atoms with E-state index in [-0.39, 0.29) is 31.1 Å². The maximum atomic E-state index is 12.9. The van der Waals surface area contributed by atoms with Gasteiger partial charge in [0.2, 0.25) is 5.91 Å². The van der Waals surface area contributed by atoms with Gasteiger partial charge in [0.05, 0.1) is 12.5 Å². The molecule has 1 amide bonds.